The molecule has 2 rings (SSSR count). The lowest BCUT2D eigenvalue weighted by Gasteiger charge is -2.08. The third kappa shape index (κ3) is 3.14. The Balaban J connectivity index is 2.28. The van der Waals surface area contributed by atoms with E-state index < -0.39 is 0 Å². The van der Waals surface area contributed by atoms with Gasteiger partial charge in [0.05, 0.1) is 6.20 Å². The molecule has 0 fully saturated rings. The monoisotopic (exact) mass is 309 g/mol. The molecule has 0 aliphatic rings. The number of nitrogen functional groups attached to an aromatic ring is 1. The number of halogens is 1. The zero-order valence-corrected chi connectivity index (χ0v) is 11.3. The standard InChI is InChI=1S/C11H12BrN5O/c1-2-9-15-10(17-13)4-11(16-9)18-8-3-7(12)5-14-6-8/h3-6H,2,13H2,1H3,(H,15,16,17). The largest absolute Gasteiger partial charge is 0.437 e. The number of nitrogens with one attached hydrogen (secondary N) is 1. The van der Waals surface area contributed by atoms with Crippen molar-refractivity contribution in [3.63, 3.8) is 0 Å². The molecule has 0 aliphatic carbocycles. The van der Waals surface area contributed by atoms with E-state index in [0.717, 1.165) is 4.47 Å². The molecule has 3 N–H and O–H groups in total. The van der Waals surface area contributed by atoms with Gasteiger partial charge < -0.3 is 10.2 Å². The molecule has 0 unspecified atom stereocenters. The van der Waals surface area contributed by atoms with Crippen molar-refractivity contribution in [3.8, 4) is 11.6 Å². The van der Waals surface area contributed by atoms with Gasteiger partial charge in [0.15, 0.2) is 0 Å². The number of anilines is 1. The zero-order chi connectivity index (χ0) is 13.0. The van der Waals surface area contributed by atoms with E-state index in [4.69, 9.17) is 10.6 Å². The smallest absolute Gasteiger partial charge is 0.224 e. The fraction of sp³-hybridized carbons (Fsp3) is 0.182. The summed E-state index contributed by atoms with van der Waals surface area (Å²) >= 11 is 3.32. The van der Waals surface area contributed by atoms with Gasteiger partial charge in [0.2, 0.25) is 5.88 Å². The molecule has 2 heterocycles. The number of nitrogens with two attached hydrogens (primary N) is 1. The van der Waals surface area contributed by atoms with Crippen LogP contribution in [0.3, 0.4) is 0 Å². The van der Waals surface area contributed by atoms with Gasteiger partial charge in [-0.05, 0) is 22.0 Å². The van der Waals surface area contributed by atoms with Gasteiger partial charge in [-0.1, -0.05) is 6.92 Å². The normalized spacial score (nSPS) is 10.2. The van der Waals surface area contributed by atoms with Crippen LogP contribution in [0.15, 0.2) is 29.0 Å². The number of pyridine rings is 1. The number of rotatable bonds is 4. The minimum Gasteiger partial charge on any atom is -0.437 e. The summed E-state index contributed by atoms with van der Waals surface area (Å²) in [7, 11) is 0. The van der Waals surface area contributed by atoms with Gasteiger partial charge in [0.25, 0.3) is 0 Å². The Morgan fingerprint density at radius 2 is 2.17 bits per heavy atom. The van der Waals surface area contributed by atoms with E-state index >= 15 is 0 Å². The van der Waals surface area contributed by atoms with Gasteiger partial charge in [-0.2, -0.15) is 4.98 Å². The van der Waals surface area contributed by atoms with Gasteiger partial charge in [-0.25, -0.2) is 10.8 Å². The van der Waals surface area contributed by atoms with Gasteiger partial charge in [0, 0.05) is 23.2 Å². The van der Waals surface area contributed by atoms with E-state index in [-0.39, 0.29) is 0 Å². The molecule has 2 aromatic heterocycles. The highest BCUT2D eigenvalue weighted by Crippen LogP contribution is 2.23. The Labute approximate surface area is 113 Å². The Morgan fingerprint density at radius 1 is 1.33 bits per heavy atom. The quantitative estimate of drug-likeness (QED) is 0.665. The Hall–Kier alpha value is -1.73. The predicted molar refractivity (Wildman–Crippen MR) is 71.2 cm³/mol. The third-order valence-corrected chi connectivity index (χ3v) is 2.55. The SMILES string of the molecule is CCc1nc(NN)cc(Oc2cncc(Br)c2)n1. The van der Waals surface area contributed by atoms with Crippen molar-refractivity contribution in [1.29, 1.82) is 0 Å². The molecule has 6 nitrogen and oxygen atoms in total. The lowest BCUT2D eigenvalue weighted by molar-refractivity contribution is 0.456. The minimum absolute atomic E-state index is 0.426. The lowest BCUT2D eigenvalue weighted by atomic mass is 10.4. The number of hydrogen-bond donors (Lipinski definition) is 2. The minimum atomic E-state index is 0.426. The van der Waals surface area contributed by atoms with E-state index in [1.54, 1.807) is 24.5 Å². The summed E-state index contributed by atoms with van der Waals surface area (Å²) in [6.45, 7) is 1.96. The molecule has 0 saturated heterocycles. The highest BCUT2D eigenvalue weighted by atomic mass is 79.9. The number of nitrogens with zero attached hydrogens (tertiary/aromatic N) is 3. The Morgan fingerprint density at radius 3 is 2.83 bits per heavy atom. The number of hydrazine groups is 1. The van der Waals surface area contributed by atoms with E-state index in [0.29, 0.717) is 29.7 Å². The van der Waals surface area contributed by atoms with Gasteiger partial charge in [0.1, 0.15) is 17.4 Å². The van der Waals surface area contributed by atoms with E-state index in [9.17, 15) is 0 Å². The van der Waals surface area contributed by atoms with Crippen molar-refractivity contribution in [3.05, 3.63) is 34.8 Å². The first kappa shape index (κ1) is 12.7. The summed E-state index contributed by atoms with van der Waals surface area (Å²) in [5, 5.41) is 0. The van der Waals surface area contributed by atoms with Gasteiger partial charge in [-0.15, -0.1) is 0 Å². The highest BCUT2D eigenvalue weighted by molar-refractivity contribution is 9.10. The molecule has 94 valence electrons. The maximum absolute atomic E-state index is 5.60. The molecule has 0 aliphatic heterocycles. The molecule has 0 saturated carbocycles. The molecule has 0 bridgehead atoms. The molecule has 0 spiro atoms. The van der Waals surface area contributed by atoms with Crippen molar-refractivity contribution < 1.29 is 4.74 Å². The molecular weight excluding hydrogens is 298 g/mol. The van der Waals surface area contributed by atoms with Crippen LogP contribution in [0.1, 0.15) is 12.7 Å². The van der Waals surface area contributed by atoms with Crippen LogP contribution in [0, 0.1) is 0 Å². The van der Waals surface area contributed by atoms with Crippen molar-refractivity contribution in [1.82, 2.24) is 15.0 Å². The molecule has 0 amide bonds. The number of hydrogen-bond acceptors (Lipinski definition) is 6. The molecule has 2 aromatic rings. The fourth-order valence-electron chi connectivity index (χ4n) is 1.33. The second kappa shape index (κ2) is 5.74. The van der Waals surface area contributed by atoms with Gasteiger partial charge >= 0.3 is 0 Å². The van der Waals surface area contributed by atoms with Crippen LogP contribution in [-0.2, 0) is 6.42 Å². The third-order valence-electron chi connectivity index (χ3n) is 2.12. The Bertz CT molecular complexity index is 526. The summed E-state index contributed by atoms with van der Waals surface area (Å²) in [5.41, 5.74) is 2.48. The van der Waals surface area contributed by atoms with Crippen LogP contribution in [0.4, 0.5) is 5.82 Å². The first-order valence-electron chi connectivity index (χ1n) is 5.34. The number of aryl methyl sites for hydroxylation is 1. The van der Waals surface area contributed by atoms with Crippen molar-refractivity contribution in [2.24, 2.45) is 5.84 Å². The second-order valence-corrected chi connectivity index (χ2v) is 4.36. The molecular formula is C11H12BrN5O. The maximum Gasteiger partial charge on any atom is 0.224 e. The molecule has 18 heavy (non-hydrogen) atoms. The van der Waals surface area contributed by atoms with Crippen LogP contribution in [0.2, 0.25) is 0 Å². The first-order chi connectivity index (χ1) is 8.71. The topological polar surface area (TPSA) is 86.0 Å². The van der Waals surface area contributed by atoms with Crippen molar-refractivity contribution in [2.75, 3.05) is 5.43 Å². The van der Waals surface area contributed by atoms with Crippen LogP contribution in [0.5, 0.6) is 11.6 Å². The summed E-state index contributed by atoms with van der Waals surface area (Å²) in [5.74, 6) is 7.53. The van der Waals surface area contributed by atoms with Crippen LogP contribution < -0.4 is 16.0 Å². The zero-order valence-electron chi connectivity index (χ0n) is 9.72. The molecule has 0 aromatic carbocycles. The first-order valence-corrected chi connectivity index (χ1v) is 6.13. The summed E-state index contributed by atoms with van der Waals surface area (Å²) in [6, 6.07) is 3.43. The average molecular weight is 310 g/mol. The maximum atomic E-state index is 5.60. The fourth-order valence-corrected chi connectivity index (χ4v) is 1.67. The van der Waals surface area contributed by atoms with E-state index in [2.05, 4.69) is 36.3 Å². The predicted octanol–water partition coefficient (Wildman–Crippen LogP) is 2.27. The molecule has 7 heteroatoms. The molecule has 0 atom stereocenters. The molecule has 0 radical (unpaired) electrons. The van der Waals surface area contributed by atoms with Crippen LogP contribution in [-0.4, -0.2) is 15.0 Å². The van der Waals surface area contributed by atoms with Gasteiger partial charge in [-0.3, -0.25) is 4.98 Å². The average Bonchev–Trinajstić information content (AvgIpc) is 2.38. The summed E-state index contributed by atoms with van der Waals surface area (Å²) < 4.78 is 6.44. The lowest BCUT2D eigenvalue weighted by Crippen LogP contribution is -2.10. The van der Waals surface area contributed by atoms with E-state index in [1.165, 1.54) is 0 Å². The van der Waals surface area contributed by atoms with Crippen LogP contribution >= 0.6 is 15.9 Å². The van der Waals surface area contributed by atoms with Crippen molar-refractivity contribution in [2.45, 2.75) is 13.3 Å². The summed E-state index contributed by atoms with van der Waals surface area (Å²) in [4.78, 5) is 12.4. The number of ether oxygens (including phenoxy) is 1. The highest BCUT2D eigenvalue weighted by Gasteiger charge is 2.05. The second-order valence-electron chi connectivity index (χ2n) is 3.45. The number of aromatic nitrogens is 3. The summed E-state index contributed by atoms with van der Waals surface area (Å²) in [6.07, 6.45) is 3.98. The van der Waals surface area contributed by atoms with E-state index in [1.807, 2.05) is 6.92 Å². The van der Waals surface area contributed by atoms with Crippen LogP contribution in [0.25, 0.3) is 0 Å². The van der Waals surface area contributed by atoms with Crippen molar-refractivity contribution >= 4 is 21.7 Å². The Kier molecular flexibility index (Phi) is 4.06.